The number of rotatable bonds is 6. The fraction of sp³-hybridized carbons (Fsp3) is 0.462. The predicted molar refractivity (Wildman–Crippen MR) is 74.5 cm³/mol. The molecule has 0 saturated heterocycles. The Bertz CT molecular complexity index is 406. The number of likely N-dealkylation sites (N-methyl/N-ethyl adjacent to an activating group) is 1. The number of carbonyl (C=O) groups is 1. The number of amides is 1. The molecule has 18 heavy (non-hydrogen) atoms. The summed E-state index contributed by atoms with van der Waals surface area (Å²) in [6, 6.07) is 5.55. The second-order valence-electron chi connectivity index (χ2n) is 4.35. The quantitative estimate of drug-likeness (QED) is 0.519. The third-order valence-corrected chi connectivity index (χ3v) is 2.89. The van der Waals surface area contributed by atoms with Crippen LogP contribution in [0.25, 0.3) is 0 Å². The van der Waals surface area contributed by atoms with Gasteiger partial charge in [0.15, 0.2) is 0 Å². The molecule has 0 saturated carbocycles. The molecule has 1 aromatic rings. The zero-order chi connectivity index (χ0) is 13.5. The molecule has 0 aliphatic rings. The lowest BCUT2D eigenvalue weighted by atomic mass is 10.1. The number of nitrogens with two attached hydrogens (primary N) is 1. The van der Waals surface area contributed by atoms with Crippen molar-refractivity contribution in [3.05, 3.63) is 29.3 Å². The van der Waals surface area contributed by atoms with Gasteiger partial charge in [0.1, 0.15) is 0 Å². The summed E-state index contributed by atoms with van der Waals surface area (Å²) in [6.07, 6.45) is 0. The van der Waals surface area contributed by atoms with Gasteiger partial charge in [0.25, 0.3) is 5.91 Å². The maximum Gasteiger partial charge on any atom is 0.253 e. The summed E-state index contributed by atoms with van der Waals surface area (Å²) in [5, 5.41) is 2.89. The molecule has 0 unspecified atom stereocenters. The van der Waals surface area contributed by atoms with Crippen molar-refractivity contribution >= 4 is 11.6 Å². The Kier molecular flexibility index (Phi) is 5.61. The molecule has 0 atom stereocenters. The fourth-order valence-electron chi connectivity index (χ4n) is 1.59. The molecule has 5 nitrogen and oxygen atoms in total. The first-order chi connectivity index (χ1) is 8.58. The van der Waals surface area contributed by atoms with Crippen molar-refractivity contribution in [3.8, 4) is 0 Å². The highest BCUT2D eigenvalue weighted by Crippen LogP contribution is 2.15. The van der Waals surface area contributed by atoms with Crippen LogP contribution in [0.2, 0.25) is 0 Å². The first-order valence-electron chi connectivity index (χ1n) is 6.12. The van der Waals surface area contributed by atoms with Crippen LogP contribution in [0.3, 0.4) is 0 Å². The highest BCUT2D eigenvalue weighted by Gasteiger charge is 2.10. The summed E-state index contributed by atoms with van der Waals surface area (Å²) in [5.74, 6) is 5.30. The Morgan fingerprint density at radius 3 is 2.78 bits per heavy atom. The van der Waals surface area contributed by atoms with Crippen molar-refractivity contribution < 1.29 is 4.79 Å². The molecule has 1 rings (SSSR count). The van der Waals surface area contributed by atoms with Crippen LogP contribution in [-0.2, 0) is 0 Å². The minimum absolute atomic E-state index is 0.101. The van der Waals surface area contributed by atoms with Crippen LogP contribution in [0.4, 0.5) is 5.69 Å². The van der Waals surface area contributed by atoms with Gasteiger partial charge < -0.3 is 15.6 Å². The Labute approximate surface area is 108 Å². The number of anilines is 1. The van der Waals surface area contributed by atoms with E-state index >= 15 is 0 Å². The van der Waals surface area contributed by atoms with E-state index < -0.39 is 0 Å². The molecule has 1 aromatic carbocycles. The van der Waals surface area contributed by atoms with Crippen LogP contribution in [0.15, 0.2) is 18.2 Å². The monoisotopic (exact) mass is 250 g/mol. The molecular formula is C13H22N4O. The standard InChI is InChI=1S/C13H22N4O/c1-4-17(3)8-7-15-13(18)11-9-10(2)5-6-12(11)16-14/h5-6,9,16H,4,7-8,14H2,1-3H3,(H,15,18). The Morgan fingerprint density at radius 1 is 1.44 bits per heavy atom. The van der Waals surface area contributed by atoms with Crippen molar-refractivity contribution in [2.45, 2.75) is 13.8 Å². The molecule has 4 N–H and O–H groups in total. The van der Waals surface area contributed by atoms with E-state index in [-0.39, 0.29) is 5.91 Å². The third kappa shape index (κ3) is 4.01. The summed E-state index contributed by atoms with van der Waals surface area (Å²) in [6.45, 7) is 6.46. The van der Waals surface area contributed by atoms with Gasteiger partial charge in [-0.15, -0.1) is 0 Å². The number of hydrazine groups is 1. The van der Waals surface area contributed by atoms with Crippen molar-refractivity contribution in [2.24, 2.45) is 5.84 Å². The zero-order valence-electron chi connectivity index (χ0n) is 11.3. The van der Waals surface area contributed by atoms with Crippen molar-refractivity contribution in [3.63, 3.8) is 0 Å². The van der Waals surface area contributed by atoms with Gasteiger partial charge in [-0.1, -0.05) is 18.6 Å². The summed E-state index contributed by atoms with van der Waals surface area (Å²) >= 11 is 0. The van der Waals surface area contributed by atoms with Gasteiger partial charge in [0.05, 0.1) is 11.3 Å². The number of hydrogen-bond donors (Lipinski definition) is 3. The molecule has 100 valence electrons. The van der Waals surface area contributed by atoms with Gasteiger partial charge in [-0.3, -0.25) is 10.6 Å². The number of carbonyl (C=O) groups excluding carboxylic acids is 1. The molecule has 0 heterocycles. The fourth-order valence-corrected chi connectivity index (χ4v) is 1.59. The van der Waals surface area contributed by atoms with Crippen molar-refractivity contribution in [1.82, 2.24) is 10.2 Å². The largest absolute Gasteiger partial charge is 0.351 e. The minimum atomic E-state index is -0.101. The molecule has 0 radical (unpaired) electrons. The number of nitrogens with zero attached hydrogens (tertiary/aromatic N) is 1. The van der Waals surface area contributed by atoms with E-state index in [1.807, 2.05) is 32.2 Å². The van der Waals surface area contributed by atoms with Crippen molar-refractivity contribution in [2.75, 3.05) is 32.1 Å². The average molecular weight is 250 g/mol. The maximum atomic E-state index is 12.0. The molecule has 5 heteroatoms. The van der Waals surface area contributed by atoms with Gasteiger partial charge >= 0.3 is 0 Å². The number of aryl methyl sites for hydroxylation is 1. The first-order valence-corrected chi connectivity index (χ1v) is 6.12. The predicted octanol–water partition coefficient (Wildman–Crippen LogP) is 0.962. The lowest BCUT2D eigenvalue weighted by Crippen LogP contribution is -2.33. The maximum absolute atomic E-state index is 12.0. The highest BCUT2D eigenvalue weighted by molar-refractivity contribution is 5.99. The van der Waals surface area contributed by atoms with Crippen LogP contribution < -0.4 is 16.6 Å². The lowest BCUT2D eigenvalue weighted by Gasteiger charge is -2.15. The second kappa shape index (κ2) is 6.98. The zero-order valence-corrected chi connectivity index (χ0v) is 11.3. The van der Waals surface area contributed by atoms with E-state index in [1.54, 1.807) is 0 Å². The topological polar surface area (TPSA) is 70.4 Å². The van der Waals surface area contributed by atoms with E-state index in [0.29, 0.717) is 17.8 Å². The van der Waals surface area contributed by atoms with Crippen molar-refractivity contribution in [1.29, 1.82) is 0 Å². The molecule has 1 amide bonds. The van der Waals surface area contributed by atoms with Crippen LogP contribution in [-0.4, -0.2) is 37.5 Å². The first kappa shape index (κ1) is 14.5. The van der Waals surface area contributed by atoms with Crippen LogP contribution in [0.1, 0.15) is 22.8 Å². The van der Waals surface area contributed by atoms with Gasteiger partial charge in [-0.25, -0.2) is 0 Å². The number of benzene rings is 1. The molecule has 0 aliphatic carbocycles. The summed E-state index contributed by atoms with van der Waals surface area (Å²) in [7, 11) is 2.02. The Balaban J connectivity index is 2.63. The molecule has 0 spiro atoms. The second-order valence-corrected chi connectivity index (χ2v) is 4.35. The normalized spacial score (nSPS) is 10.5. The van der Waals surface area contributed by atoms with Crippen LogP contribution in [0.5, 0.6) is 0 Å². The van der Waals surface area contributed by atoms with Gasteiger partial charge in [0, 0.05) is 13.1 Å². The third-order valence-electron chi connectivity index (χ3n) is 2.89. The van der Waals surface area contributed by atoms with E-state index in [1.165, 1.54) is 0 Å². The van der Waals surface area contributed by atoms with Gasteiger partial charge in [-0.05, 0) is 32.6 Å². The van der Waals surface area contributed by atoms with Gasteiger partial charge in [0.2, 0.25) is 0 Å². The Morgan fingerprint density at radius 2 is 2.17 bits per heavy atom. The summed E-state index contributed by atoms with van der Waals surface area (Å²) in [4.78, 5) is 14.2. The number of hydrogen-bond acceptors (Lipinski definition) is 4. The SMILES string of the molecule is CCN(C)CCNC(=O)c1cc(C)ccc1NN. The van der Waals surface area contributed by atoms with Crippen LogP contribution in [0, 0.1) is 6.92 Å². The number of nitrogen functional groups attached to an aromatic ring is 1. The molecule has 0 aliphatic heterocycles. The number of nitrogens with one attached hydrogen (secondary N) is 2. The van der Waals surface area contributed by atoms with E-state index in [0.717, 1.165) is 18.7 Å². The molecular weight excluding hydrogens is 228 g/mol. The van der Waals surface area contributed by atoms with Gasteiger partial charge in [-0.2, -0.15) is 0 Å². The highest BCUT2D eigenvalue weighted by atomic mass is 16.1. The average Bonchev–Trinajstić information content (AvgIpc) is 2.38. The Hall–Kier alpha value is -1.59. The lowest BCUT2D eigenvalue weighted by molar-refractivity contribution is 0.0951. The van der Waals surface area contributed by atoms with E-state index in [2.05, 4.69) is 22.6 Å². The molecule has 0 aromatic heterocycles. The smallest absolute Gasteiger partial charge is 0.253 e. The molecule has 0 bridgehead atoms. The minimum Gasteiger partial charge on any atom is -0.351 e. The van der Waals surface area contributed by atoms with Crippen LogP contribution >= 0.6 is 0 Å². The summed E-state index contributed by atoms with van der Waals surface area (Å²) < 4.78 is 0. The van der Waals surface area contributed by atoms with E-state index in [4.69, 9.17) is 5.84 Å². The summed E-state index contributed by atoms with van der Waals surface area (Å²) in [5.41, 5.74) is 4.80. The van der Waals surface area contributed by atoms with E-state index in [9.17, 15) is 4.79 Å². The molecule has 0 fully saturated rings.